The Morgan fingerprint density at radius 3 is 2.43 bits per heavy atom. The molecule has 0 aromatic heterocycles. The minimum Gasteiger partial charge on any atom is -0.316 e. The highest BCUT2D eigenvalue weighted by atomic mass is 127. The summed E-state index contributed by atoms with van der Waals surface area (Å²) in [4.78, 5) is 0. The van der Waals surface area contributed by atoms with Gasteiger partial charge in [-0.05, 0) is 46.4 Å². The lowest BCUT2D eigenvalue weighted by Crippen LogP contribution is -2.29. The number of benzene rings is 1. The maximum absolute atomic E-state index is 12.3. The third-order valence-electron chi connectivity index (χ3n) is 1.65. The summed E-state index contributed by atoms with van der Waals surface area (Å²) in [7, 11) is 0. The third kappa shape index (κ3) is 2.83. The number of rotatable bonds is 1. The lowest BCUT2D eigenvalue weighted by Gasteiger charge is -2.17. The summed E-state index contributed by atoms with van der Waals surface area (Å²) < 4.78 is 38.0. The Morgan fingerprint density at radius 2 is 1.93 bits per heavy atom. The van der Waals surface area contributed by atoms with Crippen molar-refractivity contribution in [2.24, 2.45) is 5.73 Å². The second-order valence-corrected chi connectivity index (χ2v) is 4.76. The van der Waals surface area contributed by atoms with Crippen molar-refractivity contribution in [1.82, 2.24) is 0 Å². The Morgan fingerprint density at radius 1 is 1.36 bits per heavy atom. The van der Waals surface area contributed by atoms with Crippen molar-refractivity contribution in [3.05, 3.63) is 31.8 Å². The molecule has 0 aliphatic carbocycles. The zero-order valence-corrected chi connectivity index (χ0v) is 10.5. The maximum Gasteiger partial charge on any atom is 0.407 e. The van der Waals surface area contributed by atoms with Crippen molar-refractivity contribution in [1.29, 1.82) is 0 Å². The monoisotopic (exact) mass is 379 g/mol. The van der Waals surface area contributed by atoms with E-state index in [4.69, 9.17) is 5.73 Å². The van der Waals surface area contributed by atoms with Crippen LogP contribution in [-0.4, -0.2) is 6.18 Å². The van der Waals surface area contributed by atoms with Gasteiger partial charge in [0.05, 0.1) is 0 Å². The summed E-state index contributed by atoms with van der Waals surface area (Å²) >= 11 is 4.94. The lowest BCUT2D eigenvalue weighted by molar-refractivity contribution is -0.149. The quantitative estimate of drug-likeness (QED) is 0.741. The molecule has 0 spiro atoms. The van der Waals surface area contributed by atoms with Gasteiger partial charge in [0.15, 0.2) is 0 Å². The lowest BCUT2D eigenvalue weighted by atomic mass is 10.1. The molecule has 0 amide bonds. The summed E-state index contributed by atoms with van der Waals surface area (Å²) in [5, 5.41) is 0. The van der Waals surface area contributed by atoms with E-state index in [0.29, 0.717) is 8.04 Å². The molecule has 0 heterocycles. The second-order valence-electron chi connectivity index (χ2n) is 2.69. The van der Waals surface area contributed by atoms with Gasteiger partial charge in [-0.15, -0.1) is 0 Å². The summed E-state index contributed by atoms with van der Waals surface area (Å²) in [5.74, 6) is 0. The highest BCUT2D eigenvalue weighted by molar-refractivity contribution is 14.1. The average Bonchev–Trinajstić information content (AvgIpc) is 2.06. The molecule has 1 unspecified atom stereocenters. The van der Waals surface area contributed by atoms with E-state index in [9.17, 15) is 13.2 Å². The first-order chi connectivity index (χ1) is 6.32. The van der Waals surface area contributed by atoms with Gasteiger partial charge < -0.3 is 5.73 Å². The SMILES string of the molecule is NC(c1cc(Br)ccc1I)C(F)(F)F. The van der Waals surface area contributed by atoms with E-state index < -0.39 is 12.2 Å². The van der Waals surface area contributed by atoms with Gasteiger partial charge in [0.1, 0.15) is 6.04 Å². The van der Waals surface area contributed by atoms with Gasteiger partial charge in [0.25, 0.3) is 0 Å². The molecule has 0 aliphatic rings. The summed E-state index contributed by atoms with van der Waals surface area (Å²) in [6.07, 6.45) is -4.40. The van der Waals surface area contributed by atoms with E-state index in [1.54, 1.807) is 12.1 Å². The van der Waals surface area contributed by atoms with Gasteiger partial charge in [-0.25, -0.2) is 0 Å². The number of nitrogens with two attached hydrogens (primary N) is 1. The van der Waals surface area contributed by atoms with Crippen LogP contribution in [0.3, 0.4) is 0 Å². The molecule has 1 aromatic carbocycles. The molecule has 1 rings (SSSR count). The normalized spacial score (nSPS) is 14.1. The first-order valence-electron chi connectivity index (χ1n) is 3.59. The van der Waals surface area contributed by atoms with E-state index in [-0.39, 0.29) is 5.56 Å². The molecule has 6 heteroatoms. The zero-order valence-electron chi connectivity index (χ0n) is 6.78. The minimum atomic E-state index is -4.40. The molecule has 0 saturated carbocycles. The fourth-order valence-corrected chi connectivity index (χ4v) is 1.98. The van der Waals surface area contributed by atoms with Crippen molar-refractivity contribution in [3.63, 3.8) is 0 Å². The highest BCUT2D eigenvalue weighted by Crippen LogP contribution is 2.33. The summed E-state index contributed by atoms with van der Waals surface area (Å²) in [5.41, 5.74) is 5.18. The van der Waals surface area contributed by atoms with Crippen molar-refractivity contribution < 1.29 is 13.2 Å². The van der Waals surface area contributed by atoms with Crippen LogP contribution in [0.5, 0.6) is 0 Å². The molecule has 2 N–H and O–H groups in total. The smallest absolute Gasteiger partial charge is 0.316 e. The van der Waals surface area contributed by atoms with Crippen LogP contribution in [0, 0.1) is 3.57 Å². The maximum atomic E-state index is 12.3. The number of alkyl halides is 3. The van der Waals surface area contributed by atoms with Crippen LogP contribution < -0.4 is 5.73 Å². The van der Waals surface area contributed by atoms with Gasteiger partial charge >= 0.3 is 6.18 Å². The topological polar surface area (TPSA) is 26.0 Å². The van der Waals surface area contributed by atoms with E-state index in [1.165, 1.54) is 6.07 Å². The van der Waals surface area contributed by atoms with Gasteiger partial charge in [-0.2, -0.15) is 13.2 Å². The van der Waals surface area contributed by atoms with Crippen molar-refractivity contribution >= 4 is 38.5 Å². The average molecular weight is 380 g/mol. The molecule has 0 saturated heterocycles. The molecule has 0 bridgehead atoms. The summed E-state index contributed by atoms with van der Waals surface area (Å²) in [6, 6.07) is 2.73. The Kier molecular flexibility index (Phi) is 3.81. The fraction of sp³-hybridized carbons (Fsp3) is 0.250. The first-order valence-corrected chi connectivity index (χ1v) is 5.47. The first kappa shape index (κ1) is 12.3. The minimum absolute atomic E-state index is 0.0903. The van der Waals surface area contributed by atoms with E-state index in [1.807, 2.05) is 22.6 Å². The molecule has 1 nitrogen and oxygen atoms in total. The summed E-state index contributed by atoms with van der Waals surface area (Å²) in [6.45, 7) is 0. The van der Waals surface area contributed by atoms with Crippen LogP contribution in [0.1, 0.15) is 11.6 Å². The fourth-order valence-electron chi connectivity index (χ4n) is 0.929. The molecule has 0 radical (unpaired) electrons. The van der Waals surface area contributed by atoms with Gasteiger partial charge in [-0.3, -0.25) is 0 Å². The van der Waals surface area contributed by atoms with Gasteiger partial charge in [-0.1, -0.05) is 15.9 Å². The Balaban J connectivity index is 3.12. The van der Waals surface area contributed by atoms with Crippen molar-refractivity contribution in [3.8, 4) is 0 Å². The molecule has 1 aromatic rings. The van der Waals surface area contributed by atoms with Crippen LogP contribution in [0.25, 0.3) is 0 Å². The largest absolute Gasteiger partial charge is 0.407 e. The van der Waals surface area contributed by atoms with E-state index >= 15 is 0 Å². The number of hydrogen-bond donors (Lipinski definition) is 1. The number of halogens is 5. The van der Waals surface area contributed by atoms with E-state index in [2.05, 4.69) is 15.9 Å². The molecule has 78 valence electrons. The Hall–Kier alpha value is 0.180. The third-order valence-corrected chi connectivity index (χ3v) is 3.12. The van der Waals surface area contributed by atoms with Crippen LogP contribution in [-0.2, 0) is 0 Å². The van der Waals surface area contributed by atoms with Crippen molar-refractivity contribution in [2.45, 2.75) is 12.2 Å². The molecular weight excluding hydrogens is 374 g/mol. The van der Waals surface area contributed by atoms with Gasteiger partial charge in [0, 0.05) is 8.04 Å². The highest BCUT2D eigenvalue weighted by Gasteiger charge is 2.38. The van der Waals surface area contributed by atoms with E-state index in [0.717, 1.165) is 0 Å². The Labute approximate surface area is 101 Å². The van der Waals surface area contributed by atoms with Crippen LogP contribution in [0.4, 0.5) is 13.2 Å². The molecular formula is C8H6BrF3IN. The van der Waals surface area contributed by atoms with Gasteiger partial charge in [0.2, 0.25) is 0 Å². The molecule has 0 fully saturated rings. The number of hydrogen-bond acceptors (Lipinski definition) is 1. The van der Waals surface area contributed by atoms with Crippen LogP contribution in [0.2, 0.25) is 0 Å². The predicted octanol–water partition coefficient (Wildman–Crippen LogP) is 3.62. The van der Waals surface area contributed by atoms with Crippen LogP contribution in [0.15, 0.2) is 22.7 Å². The Bertz CT molecular complexity index is 340. The van der Waals surface area contributed by atoms with Crippen molar-refractivity contribution in [2.75, 3.05) is 0 Å². The molecule has 14 heavy (non-hydrogen) atoms. The standard InChI is InChI=1S/C8H6BrF3IN/c9-4-1-2-6(13)5(3-4)7(14)8(10,11)12/h1-3,7H,14H2. The molecule has 1 atom stereocenters. The predicted molar refractivity (Wildman–Crippen MR) is 59.8 cm³/mol. The molecule has 0 aliphatic heterocycles. The van der Waals surface area contributed by atoms with Crippen LogP contribution >= 0.6 is 38.5 Å². The second kappa shape index (κ2) is 4.36. The zero-order chi connectivity index (χ0) is 10.9.